The van der Waals surface area contributed by atoms with Gasteiger partial charge in [0.25, 0.3) is 0 Å². The highest BCUT2D eigenvalue weighted by atomic mass is 16.5. The molecule has 1 aliphatic rings. The van der Waals surface area contributed by atoms with Gasteiger partial charge in [-0.15, -0.1) is 0 Å². The largest absolute Gasteiger partial charge is 0.497 e. The van der Waals surface area contributed by atoms with E-state index in [-0.39, 0.29) is 18.5 Å². The second-order valence-corrected chi connectivity index (χ2v) is 6.88. The Labute approximate surface area is 159 Å². The number of hydrogen-bond acceptors (Lipinski definition) is 3. The number of nitrogens with zero attached hydrogens (tertiary/aromatic N) is 2. The van der Waals surface area contributed by atoms with Gasteiger partial charge in [0.2, 0.25) is 5.91 Å². The molecular weight excluding hydrogens is 342 g/mol. The number of anilines is 2. The van der Waals surface area contributed by atoms with Gasteiger partial charge in [-0.25, -0.2) is 4.79 Å². The third kappa shape index (κ3) is 4.39. The van der Waals surface area contributed by atoms with Crippen LogP contribution in [0, 0.1) is 0 Å². The van der Waals surface area contributed by atoms with Crippen molar-refractivity contribution < 1.29 is 14.3 Å². The number of amides is 3. The van der Waals surface area contributed by atoms with Crippen LogP contribution >= 0.6 is 0 Å². The molecule has 1 heterocycles. The maximum absolute atomic E-state index is 12.7. The lowest BCUT2D eigenvalue weighted by molar-refractivity contribution is -0.116. The summed E-state index contributed by atoms with van der Waals surface area (Å²) in [6.45, 7) is 5.42. The van der Waals surface area contributed by atoms with Crippen LogP contribution in [0.3, 0.4) is 0 Å². The minimum atomic E-state index is -0.217. The fourth-order valence-electron chi connectivity index (χ4n) is 3.06. The summed E-state index contributed by atoms with van der Waals surface area (Å²) in [4.78, 5) is 28.2. The normalized spacial score (nSPS) is 14.0. The van der Waals surface area contributed by atoms with Gasteiger partial charge in [-0.3, -0.25) is 9.69 Å². The molecule has 1 saturated heterocycles. The quantitative estimate of drug-likeness (QED) is 0.847. The molecule has 0 radical (unpaired) electrons. The van der Waals surface area contributed by atoms with E-state index in [1.54, 1.807) is 41.2 Å². The van der Waals surface area contributed by atoms with Gasteiger partial charge in [0, 0.05) is 24.5 Å². The van der Waals surface area contributed by atoms with E-state index in [1.165, 1.54) is 5.56 Å². The van der Waals surface area contributed by atoms with Gasteiger partial charge in [-0.05, 0) is 47.9 Å². The molecular formula is C21H25N3O3. The van der Waals surface area contributed by atoms with Crippen LogP contribution in [0.5, 0.6) is 5.75 Å². The van der Waals surface area contributed by atoms with E-state index in [0.717, 1.165) is 11.4 Å². The molecule has 142 valence electrons. The zero-order valence-electron chi connectivity index (χ0n) is 15.9. The first-order valence-electron chi connectivity index (χ1n) is 9.08. The second-order valence-electron chi connectivity index (χ2n) is 6.88. The SMILES string of the molecule is COc1ccc(NC(=O)CN2CCN(c3ccc(C(C)C)cc3)C2=O)cc1. The van der Waals surface area contributed by atoms with Crippen LogP contribution in [-0.4, -0.2) is 43.6 Å². The standard InChI is InChI=1S/C21H25N3O3/c1-15(2)16-4-8-18(9-5-16)24-13-12-23(21(24)26)14-20(25)22-17-6-10-19(27-3)11-7-17/h4-11,15H,12-14H2,1-3H3,(H,22,25). The second kappa shape index (κ2) is 8.12. The lowest BCUT2D eigenvalue weighted by Gasteiger charge is -2.19. The molecule has 0 unspecified atom stereocenters. The van der Waals surface area contributed by atoms with Crippen molar-refractivity contribution in [2.24, 2.45) is 0 Å². The molecule has 6 heteroatoms. The molecule has 0 atom stereocenters. The maximum Gasteiger partial charge on any atom is 0.325 e. The number of ether oxygens (including phenoxy) is 1. The Hall–Kier alpha value is -3.02. The van der Waals surface area contributed by atoms with Crippen molar-refractivity contribution >= 4 is 23.3 Å². The van der Waals surface area contributed by atoms with E-state index < -0.39 is 0 Å². The highest BCUT2D eigenvalue weighted by Gasteiger charge is 2.30. The Bertz CT molecular complexity index is 800. The smallest absolute Gasteiger partial charge is 0.325 e. The topological polar surface area (TPSA) is 61.9 Å². The average molecular weight is 367 g/mol. The molecule has 0 aliphatic carbocycles. The summed E-state index contributed by atoms with van der Waals surface area (Å²) in [7, 11) is 1.59. The van der Waals surface area contributed by atoms with Crippen molar-refractivity contribution in [1.82, 2.24) is 4.90 Å². The number of rotatable bonds is 6. The van der Waals surface area contributed by atoms with Crippen molar-refractivity contribution in [2.75, 3.05) is 37.0 Å². The molecule has 0 saturated carbocycles. The Balaban J connectivity index is 1.58. The number of nitrogens with one attached hydrogen (secondary N) is 1. The van der Waals surface area contributed by atoms with Gasteiger partial charge in [-0.2, -0.15) is 0 Å². The Morgan fingerprint density at radius 3 is 2.33 bits per heavy atom. The van der Waals surface area contributed by atoms with Crippen molar-refractivity contribution in [3.63, 3.8) is 0 Å². The van der Waals surface area contributed by atoms with Gasteiger partial charge in [-0.1, -0.05) is 26.0 Å². The number of benzene rings is 2. The molecule has 1 aliphatic heterocycles. The minimum Gasteiger partial charge on any atom is -0.497 e. The van der Waals surface area contributed by atoms with Crippen molar-refractivity contribution in [3.05, 3.63) is 54.1 Å². The predicted molar refractivity (Wildman–Crippen MR) is 106 cm³/mol. The number of hydrogen-bond donors (Lipinski definition) is 1. The summed E-state index contributed by atoms with van der Waals surface area (Å²) < 4.78 is 5.10. The molecule has 2 aromatic rings. The highest BCUT2D eigenvalue weighted by Crippen LogP contribution is 2.23. The first kappa shape index (κ1) is 18.8. The predicted octanol–water partition coefficient (Wildman–Crippen LogP) is 3.70. The van der Waals surface area contributed by atoms with Gasteiger partial charge in [0.15, 0.2) is 0 Å². The molecule has 3 rings (SSSR count). The van der Waals surface area contributed by atoms with E-state index in [2.05, 4.69) is 19.2 Å². The lowest BCUT2D eigenvalue weighted by Crippen LogP contribution is -2.37. The van der Waals surface area contributed by atoms with Crippen molar-refractivity contribution in [1.29, 1.82) is 0 Å². The van der Waals surface area contributed by atoms with Crippen LogP contribution in [-0.2, 0) is 4.79 Å². The molecule has 0 bridgehead atoms. The van der Waals surface area contributed by atoms with Gasteiger partial charge in [0.1, 0.15) is 12.3 Å². The molecule has 3 amide bonds. The van der Waals surface area contributed by atoms with E-state index in [0.29, 0.717) is 24.7 Å². The van der Waals surface area contributed by atoms with Crippen LogP contribution < -0.4 is 15.0 Å². The fourth-order valence-corrected chi connectivity index (χ4v) is 3.06. The first-order valence-corrected chi connectivity index (χ1v) is 9.08. The fraction of sp³-hybridized carbons (Fsp3) is 0.333. The zero-order valence-corrected chi connectivity index (χ0v) is 15.9. The summed E-state index contributed by atoms with van der Waals surface area (Å²) in [6, 6.07) is 15.0. The molecule has 0 spiro atoms. The molecule has 1 N–H and O–H groups in total. The first-order chi connectivity index (χ1) is 13.0. The van der Waals surface area contributed by atoms with Crippen LogP contribution in [0.25, 0.3) is 0 Å². The van der Waals surface area contributed by atoms with Crippen LogP contribution in [0.2, 0.25) is 0 Å². The molecule has 6 nitrogen and oxygen atoms in total. The Morgan fingerprint density at radius 1 is 1.07 bits per heavy atom. The maximum atomic E-state index is 12.7. The average Bonchev–Trinajstić information content (AvgIpc) is 3.02. The Kier molecular flexibility index (Phi) is 5.64. The third-order valence-corrected chi connectivity index (χ3v) is 4.67. The highest BCUT2D eigenvalue weighted by molar-refractivity contribution is 5.99. The minimum absolute atomic E-state index is 0.0332. The summed E-state index contributed by atoms with van der Waals surface area (Å²) in [5.41, 5.74) is 2.78. The molecule has 27 heavy (non-hydrogen) atoms. The monoisotopic (exact) mass is 367 g/mol. The van der Waals surface area contributed by atoms with Crippen molar-refractivity contribution in [3.8, 4) is 5.75 Å². The van der Waals surface area contributed by atoms with Crippen LogP contribution in [0.1, 0.15) is 25.3 Å². The summed E-state index contributed by atoms with van der Waals surface area (Å²) in [6.07, 6.45) is 0. The Morgan fingerprint density at radius 2 is 1.74 bits per heavy atom. The number of urea groups is 1. The summed E-state index contributed by atoms with van der Waals surface area (Å²) in [5, 5.41) is 2.81. The van der Waals surface area contributed by atoms with Crippen LogP contribution in [0.4, 0.5) is 16.2 Å². The summed E-state index contributed by atoms with van der Waals surface area (Å²) >= 11 is 0. The van der Waals surface area contributed by atoms with Crippen LogP contribution in [0.15, 0.2) is 48.5 Å². The van der Waals surface area contributed by atoms with E-state index in [1.807, 2.05) is 24.3 Å². The van der Waals surface area contributed by atoms with Gasteiger partial charge in [0.05, 0.1) is 7.11 Å². The third-order valence-electron chi connectivity index (χ3n) is 4.67. The molecule has 1 fully saturated rings. The lowest BCUT2D eigenvalue weighted by atomic mass is 10.0. The molecule has 0 aromatic heterocycles. The summed E-state index contributed by atoms with van der Waals surface area (Å²) in [5.74, 6) is 0.957. The number of carbonyl (C=O) groups excluding carboxylic acids is 2. The van der Waals surface area contributed by atoms with Crippen molar-refractivity contribution in [2.45, 2.75) is 19.8 Å². The molecule has 2 aromatic carbocycles. The van der Waals surface area contributed by atoms with Gasteiger partial charge >= 0.3 is 6.03 Å². The number of methoxy groups -OCH3 is 1. The van der Waals surface area contributed by atoms with E-state index in [9.17, 15) is 9.59 Å². The van der Waals surface area contributed by atoms with E-state index in [4.69, 9.17) is 4.74 Å². The zero-order chi connectivity index (χ0) is 19.4. The van der Waals surface area contributed by atoms with Gasteiger partial charge < -0.3 is 15.0 Å². The number of carbonyl (C=O) groups is 2. The van der Waals surface area contributed by atoms with E-state index >= 15 is 0 Å².